The molecule has 0 aliphatic heterocycles. The van der Waals surface area contributed by atoms with Crippen molar-refractivity contribution in [2.75, 3.05) is 18.8 Å². The third kappa shape index (κ3) is 2.57. The van der Waals surface area contributed by atoms with E-state index >= 15 is 0 Å². The highest BCUT2D eigenvalue weighted by Gasteiger charge is 2.51. The second-order valence-corrected chi connectivity index (χ2v) is 6.74. The van der Waals surface area contributed by atoms with Gasteiger partial charge in [-0.05, 0) is 30.5 Å². The summed E-state index contributed by atoms with van der Waals surface area (Å²) in [5.41, 5.74) is 0.366. The summed E-state index contributed by atoms with van der Waals surface area (Å²) in [5.74, 6) is -0.825. The maximum atomic E-state index is 11.6. The van der Waals surface area contributed by atoms with Gasteiger partial charge in [-0.15, -0.1) is 0 Å². The minimum absolute atomic E-state index is 0.415. The minimum Gasteiger partial charge on any atom is -0.481 e. The predicted octanol–water partition coefficient (Wildman–Crippen LogP) is 1.02. The van der Waals surface area contributed by atoms with Gasteiger partial charge < -0.3 is 5.11 Å². The molecule has 1 aromatic rings. The average molecular weight is 284 g/mol. The summed E-state index contributed by atoms with van der Waals surface area (Å²) >= 11 is 0. The number of carboxylic acid groups (broad SMARTS) is 1. The van der Waals surface area contributed by atoms with E-state index in [9.17, 15) is 13.2 Å². The van der Waals surface area contributed by atoms with Crippen LogP contribution in [0.25, 0.3) is 0 Å². The van der Waals surface area contributed by atoms with Crippen molar-refractivity contribution in [1.29, 1.82) is 0 Å². The molecular weight excluding hydrogens is 268 g/mol. The van der Waals surface area contributed by atoms with Crippen LogP contribution in [-0.2, 0) is 20.4 Å². The first kappa shape index (κ1) is 13.8. The van der Waals surface area contributed by atoms with Crippen LogP contribution in [0.3, 0.4) is 0 Å². The smallest absolute Gasteiger partial charge is 0.314 e. The van der Waals surface area contributed by atoms with Crippen LogP contribution >= 0.6 is 0 Å². The molecule has 1 saturated carbocycles. The Morgan fingerprint density at radius 2 is 1.79 bits per heavy atom. The lowest BCUT2D eigenvalue weighted by Crippen LogP contribution is -2.29. The molecule has 0 spiro atoms. The molecule has 104 valence electrons. The Labute approximate surface area is 112 Å². The minimum atomic E-state index is -3.53. The van der Waals surface area contributed by atoms with E-state index in [0.29, 0.717) is 24.1 Å². The predicted molar refractivity (Wildman–Crippen MR) is 71.2 cm³/mol. The fourth-order valence-corrected chi connectivity index (χ4v) is 2.47. The van der Waals surface area contributed by atoms with Crippen molar-refractivity contribution in [3.63, 3.8) is 0 Å². The Balaban J connectivity index is 2.19. The van der Waals surface area contributed by atoms with Gasteiger partial charge in [0, 0.05) is 19.8 Å². The van der Waals surface area contributed by atoms with E-state index in [-0.39, 0.29) is 0 Å². The first-order chi connectivity index (χ1) is 8.78. The van der Waals surface area contributed by atoms with Crippen LogP contribution in [0, 0.1) is 0 Å². The number of carbonyl (C=O) groups is 1. The molecule has 0 radical (unpaired) electrons. The van der Waals surface area contributed by atoms with Crippen molar-refractivity contribution in [3.05, 3.63) is 29.8 Å². The maximum absolute atomic E-state index is 11.6. The zero-order valence-electron chi connectivity index (χ0n) is 10.8. The van der Waals surface area contributed by atoms with Gasteiger partial charge in [-0.3, -0.25) is 9.52 Å². The molecule has 0 saturated heterocycles. The third-order valence-corrected chi connectivity index (χ3v) is 4.78. The summed E-state index contributed by atoms with van der Waals surface area (Å²) in [6.45, 7) is 0. The van der Waals surface area contributed by atoms with Crippen LogP contribution in [0.2, 0.25) is 0 Å². The molecule has 7 heteroatoms. The largest absolute Gasteiger partial charge is 0.481 e. The quantitative estimate of drug-likeness (QED) is 0.845. The number of anilines is 1. The average Bonchev–Trinajstić information content (AvgIpc) is 3.10. The number of benzene rings is 1. The van der Waals surface area contributed by atoms with Crippen LogP contribution in [0.5, 0.6) is 0 Å². The Morgan fingerprint density at radius 1 is 1.26 bits per heavy atom. The molecule has 1 aromatic carbocycles. The molecule has 0 aromatic heterocycles. The highest BCUT2D eigenvalue weighted by atomic mass is 32.2. The topological polar surface area (TPSA) is 86.7 Å². The van der Waals surface area contributed by atoms with Gasteiger partial charge >= 0.3 is 16.2 Å². The SMILES string of the molecule is CN(C)S(=O)(=O)Nc1ccc(C2(C(=O)O)CC2)cc1. The molecule has 19 heavy (non-hydrogen) atoms. The van der Waals surface area contributed by atoms with Gasteiger partial charge in [0.2, 0.25) is 0 Å². The molecule has 1 aliphatic rings. The lowest BCUT2D eigenvalue weighted by atomic mass is 9.96. The highest BCUT2D eigenvalue weighted by Crippen LogP contribution is 2.48. The van der Waals surface area contributed by atoms with Crippen LogP contribution in [0.4, 0.5) is 5.69 Å². The van der Waals surface area contributed by atoms with E-state index in [2.05, 4.69) is 4.72 Å². The molecular formula is C12H16N2O4S. The van der Waals surface area contributed by atoms with E-state index in [1.54, 1.807) is 24.3 Å². The van der Waals surface area contributed by atoms with Crippen LogP contribution in [0.15, 0.2) is 24.3 Å². The molecule has 2 rings (SSSR count). The maximum Gasteiger partial charge on any atom is 0.314 e. The molecule has 1 aliphatic carbocycles. The second-order valence-electron chi connectivity index (χ2n) is 4.85. The van der Waals surface area contributed by atoms with Crippen molar-refractivity contribution < 1.29 is 18.3 Å². The Bertz CT molecular complexity index is 589. The van der Waals surface area contributed by atoms with Crippen LogP contribution in [-0.4, -0.2) is 37.9 Å². The van der Waals surface area contributed by atoms with Gasteiger partial charge in [0.25, 0.3) is 0 Å². The number of nitrogens with one attached hydrogen (secondary N) is 1. The molecule has 0 unspecified atom stereocenters. The number of carboxylic acids is 1. The van der Waals surface area contributed by atoms with Crippen LogP contribution in [0.1, 0.15) is 18.4 Å². The van der Waals surface area contributed by atoms with Gasteiger partial charge in [0.05, 0.1) is 5.41 Å². The summed E-state index contributed by atoms with van der Waals surface area (Å²) in [6.07, 6.45) is 1.26. The summed E-state index contributed by atoms with van der Waals surface area (Å²) in [5, 5.41) is 9.17. The van der Waals surface area contributed by atoms with Crippen molar-refractivity contribution in [1.82, 2.24) is 4.31 Å². The molecule has 6 nitrogen and oxygen atoms in total. The van der Waals surface area contributed by atoms with Crippen molar-refractivity contribution in [2.24, 2.45) is 0 Å². The molecule has 2 N–H and O–H groups in total. The first-order valence-electron chi connectivity index (χ1n) is 5.82. The highest BCUT2D eigenvalue weighted by molar-refractivity contribution is 7.90. The molecule has 0 amide bonds. The van der Waals surface area contributed by atoms with Gasteiger partial charge in [-0.25, -0.2) is 0 Å². The van der Waals surface area contributed by atoms with E-state index in [1.165, 1.54) is 14.1 Å². The first-order valence-corrected chi connectivity index (χ1v) is 7.26. The number of hydrogen-bond acceptors (Lipinski definition) is 3. The molecule has 0 atom stereocenters. The van der Waals surface area contributed by atoms with E-state index in [1.807, 2.05) is 0 Å². The summed E-state index contributed by atoms with van der Waals surface area (Å²) in [4.78, 5) is 11.2. The number of rotatable bonds is 5. The summed E-state index contributed by atoms with van der Waals surface area (Å²) in [7, 11) is -0.672. The van der Waals surface area contributed by atoms with Gasteiger partial charge in [0.1, 0.15) is 0 Å². The fraction of sp³-hybridized carbons (Fsp3) is 0.417. The zero-order valence-corrected chi connectivity index (χ0v) is 11.6. The second kappa shape index (κ2) is 4.50. The van der Waals surface area contributed by atoms with Gasteiger partial charge in [-0.1, -0.05) is 12.1 Å². The monoisotopic (exact) mass is 284 g/mol. The Kier molecular flexibility index (Phi) is 3.27. The van der Waals surface area contributed by atoms with Gasteiger partial charge in [-0.2, -0.15) is 12.7 Å². The number of nitrogens with zero attached hydrogens (tertiary/aromatic N) is 1. The van der Waals surface area contributed by atoms with E-state index in [4.69, 9.17) is 5.11 Å². The Morgan fingerprint density at radius 3 is 2.16 bits per heavy atom. The fourth-order valence-electron chi connectivity index (χ4n) is 1.85. The number of hydrogen-bond donors (Lipinski definition) is 2. The molecule has 0 bridgehead atoms. The summed E-state index contributed by atoms with van der Waals surface area (Å²) in [6, 6.07) is 6.49. The number of aliphatic carboxylic acids is 1. The molecule has 1 fully saturated rings. The molecule has 0 heterocycles. The van der Waals surface area contributed by atoms with E-state index in [0.717, 1.165) is 4.31 Å². The standard InChI is InChI=1S/C12H16N2O4S/c1-14(2)19(17,18)13-10-5-3-9(4-6-10)12(7-8-12)11(15)16/h3-6,13H,7-8H2,1-2H3,(H,15,16). The summed E-state index contributed by atoms with van der Waals surface area (Å²) < 4.78 is 26.7. The van der Waals surface area contributed by atoms with Crippen LogP contribution < -0.4 is 4.72 Å². The van der Waals surface area contributed by atoms with Crippen molar-refractivity contribution in [2.45, 2.75) is 18.3 Å². The normalized spacial score (nSPS) is 17.2. The Hall–Kier alpha value is -1.60. The van der Waals surface area contributed by atoms with E-state index < -0.39 is 21.6 Å². The third-order valence-electron chi connectivity index (χ3n) is 3.32. The van der Waals surface area contributed by atoms with Crippen molar-refractivity contribution >= 4 is 21.9 Å². The zero-order chi connectivity index (χ0) is 14.3. The lowest BCUT2D eigenvalue weighted by molar-refractivity contribution is -0.140. The lowest BCUT2D eigenvalue weighted by Gasteiger charge is -2.15. The van der Waals surface area contributed by atoms with Gasteiger partial charge in [0.15, 0.2) is 0 Å². The van der Waals surface area contributed by atoms with Crippen molar-refractivity contribution in [3.8, 4) is 0 Å².